The van der Waals surface area contributed by atoms with Crippen molar-refractivity contribution in [2.45, 2.75) is 26.2 Å². The lowest BCUT2D eigenvalue weighted by molar-refractivity contribution is 0.240. The maximum Gasteiger partial charge on any atom is 0.314 e. The summed E-state index contributed by atoms with van der Waals surface area (Å²) in [7, 11) is 0. The van der Waals surface area contributed by atoms with Crippen LogP contribution in [-0.4, -0.2) is 42.2 Å². The maximum absolute atomic E-state index is 11.5. The van der Waals surface area contributed by atoms with Crippen LogP contribution in [0.5, 0.6) is 0 Å². The number of nitrogens with zero attached hydrogens (tertiary/aromatic N) is 3. The summed E-state index contributed by atoms with van der Waals surface area (Å²) < 4.78 is 0. The van der Waals surface area contributed by atoms with E-state index in [0.29, 0.717) is 12.5 Å². The van der Waals surface area contributed by atoms with E-state index < -0.39 is 0 Å². The molecule has 1 aliphatic rings. The van der Waals surface area contributed by atoms with Crippen molar-refractivity contribution < 1.29 is 4.79 Å². The summed E-state index contributed by atoms with van der Waals surface area (Å²) in [5, 5.41) is 8.14. The van der Waals surface area contributed by atoms with Crippen LogP contribution in [0.15, 0.2) is 54.7 Å². The second-order valence-corrected chi connectivity index (χ2v) is 7.81. The van der Waals surface area contributed by atoms with Crippen LogP contribution in [0.4, 0.5) is 10.7 Å². The number of fused-ring (bicyclic) bond motifs is 1. The Kier molecular flexibility index (Phi) is 6.42. The summed E-state index contributed by atoms with van der Waals surface area (Å²) in [6.45, 7) is 5.21. The van der Waals surface area contributed by atoms with Gasteiger partial charge in [0, 0.05) is 37.9 Å². The summed E-state index contributed by atoms with van der Waals surface area (Å²) in [4.78, 5) is 23.2. The van der Waals surface area contributed by atoms with Gasteiger partial charge in [-0.2, -0.15) is 0 Å². The predicted octanol–water partition coefficient (Wildman–Crippen LogP) is 4.22. The standard InChI is InChI=1S/C24H29N5O/c1-2-25-24(30)27-13-9-18-11-15-29(16-12-18)23-26-14-10-22(28-23)21-8-7-19-5-3-4-6-20(19)17-21/h3-8,10,14,17-18H,2,9,11-13,15-16H2,1H3,(H2,25,27,30). The summed E-state index contributed by atoms with van der Waals surface area (Å²) >= 11 is 0. The molecule has 2 amide bonds. The second-order valence-electron chi connectivity index (χ2n) is 7.81. The molecule has 0 bridgehead atoms. The number of carbonyl (C=O) groups is 1. The van der Waals surface area contributed by atoms with E-state index in [2.05, 4.69) is 63.0 Å². The largest absolute Gasteiger partial charge is 0.341 e. The highest BCUT2D eigenvalue weighted by atomic mass is 16.2. The maximum atomic E-state index is 11.5. The molecule has 6 heteroatoms. The first kappa shape index (κ1) is 20.1. The van der Waals surface area contributed by atoms with Crippen molar-refractivity contribution in [3.8, 4) is 11.3 Å². The van der Waals surface area contributed by atoms with Crippen molar-refractivity contribution in [3.63, 3.8) is 0 Å². The molecule has 2 heterocycles. The third-order valence-electron chi connectivity index (χ3n) is 5.76. The molecule has 4 rings (SSSR count). The Hall–Kier alpha value is -3.15. The molecule has 2 aromatic carbocycles. The van der Waals surface area contributed by atoms with E-state index in [1.807, 2.05) is 19.2 Å². The molecular formula is C24H29N5O. The number of rotatable bonds is 6. The third kappa shape index (κ3) is 4.87. The van der Waals surface area contributed by atoms with Crippen LogP contribution in [0.3, 0.4) is 0 Å². The molecular weight excluding hydrogens is 374 g/mol. The Morgan fingerprint density at radius 2 is 1.87 bits per heavy atom. The lowest BCUT2D eigenvalue weighted by atomic mass is 9.94. The van der Waals surface area contributed by atoms with Gasteiger partial charge in [0.05, 0.1) is 5.69 Å². The van der Waals surface area contributed by atoms with Crippen LogP contribution in [-0.2, 0) is 0 Å². The third-order valence-corrected chi connectivity index (χ3v) is 5.76. The van der Waals surface area contributed by atoms with Crippen molar-refractivity contribution in [2.75, 3.05) is 31.1 Å². The molecule has 2 N–H and O–H groups in total. The quantitative estimate of drug-likeness (QED) is 0.646. The van der Waals surface area contributed by atoms with E-state index in [-0.39, 0.29) is 6.03 Å². The minimum Gasteiger partial charge on any atom is -0.341 e. The van der Waals surface area contributed by atoms with Crippen molar-refractivity contribution in [1.29, 1.82) is 0 Å². The number of anilines is 1. The van der Waals surface area contributed by atoms with Crippen molar-refractivity contribution >= 4 is 22.8 Å². The first-order valence-electron chi connectivity index (χ1n) is 10.8. The van der Waals surface area contributed by atoms with Crippen molar-refractivity contribution in [3.05, 3.63) is 54.7 Å². The zero-order chi connectivity index (χ0) is 20.8. The smallest absolute Gasteiger partial charge is 0.314 e. The molecule has 0 saturated carbocycles. The summed E-state index contributed by atoms with van der Waals surface area (Å²) in [6, 6.07) is 16.7. The molecule has 1 saturated heterocycles. The molecule has 0 aliphatic carbocycles. The monoisotopic (exact) mass is 403 g/mol. The number of nitrogens with one attached hydrogen (secondary N) is 2. The van der Waals surface area contributed by atoms with Gasteiger partial charge in [0.1, 0.15) is 0 Å². The van der Waals surface area contributed by atoms with Crippen LogP contribution >= 0.6 is 0 Å². The molecule has 1 aromatic heterocycles. The van der Waals surface area contributed by atoms with E-state index in [1.54, 1.807) is 0 Å². The first-order valence-corrected chi connectivity index (χ1v) is 10.8. The minimum atomic E-state index is -0.0751. The van der Waals surface area contributed by atoms with Gasteiger partial charge >= 0.3 is 6.03 Å². The number of benzene rings is 2. The number of urea groups is 1. The Bertz CT molecular complexity index is 998. The Labute approximate surface area is 177 Å². The number of hydrogen-bond donors (Lipinski definition) is 2. The summed E-state index contributed by atoms with van der Waals surface area (Å²) in [5.74, 6) is 1.44. The van der Waals surface area contributed by atoms with Crippen molar-refractivity contribution in [2.24, 2.45) is 5.92 Å². The molecule has 0 atom stereocenters. The fraction of sp³-hybridized carbons (Fsp3) is 0.375. The Morgan fingerprint density at radius 1 is 1.07 bits per heavy atom. The van der Waals surface area contributed by atoms with E-state index in [0.717, 1.165) is 56.1 Å². The van der Waals surface area contributed by atoms with Gasteiger partial charge in [0.2, 0.25) is 5.95 Å². The van der Waals surface area contributed by atoms with Gasteiger partial charge < -0.3 is 15.5 Å². The molecule has 30 heavy (non-hydrogen) atoms. The lowest BCUT2D eigenvalue weighted by Crippen LogP contribution is -2.38. The number of amides is 2. The van der Waals surface area contributed by atoms with Crippen LogP contribution in [0, 0.1) is 5.92 Å². The van der Waals surface area contributed by atoms with Gasteiger partial charge in [0.25, 0.3) is 0 Å². The van der Waals surface area contributed by atoms with E-state index >= 15 is 0 Å². The molecule has 0 unspecified atom stereocenters. The number of carbonyl (C=O) groups excluding carboxylic acids is 1. The highest BCUT2D eigenvalue weighted by Gasteiger charge is 2.21. The molecule has 1 fully saturated rings. The normalized spacial score (nSPS) is 14.6. The van der Waals surface area contributed by atoms with Gasteiger partial charge in [0.15, 0.2) is 0 Å². The zero-order valence-corrected chi connectivity index (χ0v) is 17.5. The summed E-state index contributed by atoms with van der Waals surface area (Å²) in [5.41, 5.74) is 2.07. The van der Waals surface area contributed by atoms with Crippen LogP contribution in [0.25, 0.3) is 22.0 Å². The van der Waals surface area contributed by atoms with Crippen molar-refractivity contribution in [1.82, 2.24) is 20.6 Å². The molecule has 0 spiro atoms. The lowest BCUT2D eigenvalue weighted by Gasteiger charge is -2.32. The summed E-state index contributed by atoms with van der Waals surface area (Å²) in [6.07, 6.45) is 5.07. The van der Waals surface area contributed by atoms with E-state index in [1.165, 1.54) is 10.8 Å². The Morgan fingerprint density at radius 3 is 2.67 bits per heavy atom. The minimum absolute atomic E-state index is 0.0751. The first-order chi connectivity index (χ1) is 14.7. The van der Waals surface area contributed by atoms with E-state index in [9.17, 15) is 4.79 Å². The van der Waals surface area contributed by atoms with Gasteiger partial charge in [-0.1, -0.05) is 36.4 Å². The van der Waals surface area contributed by atoms with Gasteiger partial charge in [-0.15, -0.1) is 0 Å². The van der Waals surface area contributed by atoms with Crippen LogP contribution in [0.1, 0.15) is 26.2 Å². The molecule has 3 aromatic rings. The van der Waals surface area contributed by atoms with Crippen LogP contribution < -0.4 is 15.5 Å². The Balaban J connectivity index is 1.36. The highest BCUT2D eigenvalue weighted by molar-refractivity contribution is 5.86. The molecule has 156 valence electrons. The molecule has 0 radical (unpaired) electrons. The highest BCUT2D eigenvalue weighted by Crippen LogP contribution is 2.26. The average molecular weight is 404 g/mol. The number of piperidine rings is 1. The SMILES string of the molecule is CCNC(=O)NCCC1CCN(c2nccc(-c3ccc4ccccc4c3)n2)CC1. The number of aromatic nitrogens is 2. The van der Waals surface area contributed by atoms with Gasteiger partial charge in [-0.05, 0) is 55.0 Å². The second kappa shape index (κ2) is 9.57. The zero-order valence-electron chi connectivity index (χ0n) is 17.5. The van der Waals surface area contributed by atoms with E-state index in [4.69, 9.17) is 4.98 Å². The topological polar surface area (TPSA) is 70.2 Å². The molecule has 6 nitrogen and oxygen atoms in total. The fourth-order valence-electron chi connectivity index (χ4n) is 4.04. The van der Waals surface area contributed by atoms with Crippen LogP contribution in [0.2, 0.25) is 0 Å². The molecule has 1 aliphatic heterocycles. The predicted molar refractivity (Wildman–Crippen MR) is 122 cm³/mol. The van der Waals surface area contributed by atoms with Gasteiger partial charge in [-0.25, -0.2) is 14.8 Å². The number of hydrogen-bond acceptors (Lipinski definition) is 4. The fourth-order valence-corrected chi connectivity index (χ4v) is 4.04. The average Bonchev–Trinajstić information content (AvgIpc) is 2.79. The van der Waals surface area contributed by atoms with Gasteiger partial charge in [-0.3, -0.25) is 0 Å².